The fourth-order valence-electron chi connectivity index (χ4n) is 3.50. The third-order valence-corrected chi connectivity index (χ3v) is 7.15. The Bertz CT molecular complexity index is 949. The second-order valence-corrected chi connectivity index (χ2v) is 8.76. The Morgan fingerprint density at radius 1 is 1.43 bits per heavy atom. The number of nitrogens with zero attached hydrogens (tertiary/aromatic N) is 4. The van der Waals surface area contributed by atoms with Crippen LogP contribution in [-0.4, -0.2) is 51.8 Å². The maximum Gasteiger partial charge on any atom is 0.358 e. The summed E-state index contributed by atoms with van der Waals surface area (Å²) in [5.41, 5.74) is 0.339. The molecule has 0 N–H and O–H groups in total. The van der Waals surface area contributed by atoms with Gasteiger partial charge in [0.15, 0.2) is 10.9 Å². The molecule has 152 valence electrons. The highest BCUT2D eigenvalue weighted by Gasteiger charge is 2.45. The molecule has 0 saturated carbocycles. The van der Waals surface area contributed by atoms with Gasteiger partial charge in [-0.2, -0.15) is 9.40 Å². The number of allylic oxidation sites excluding steroid dienone is 3. The van der Waals surface area contributed by atoms with Crippen LogP contribution in [-0.2, 0) is 27.8 Å². The van der Waals surface area contributed by atoms with Gasteiger partial charge in [0.05, 0.1) is 23.8 Å². The molecule has 1 aromatic rings. The molecule has 0 saturated heterocycles. The number of fused-ring (bicyclic) bond motifs is 1. The molecule has 0 amide bonds. The average Bonchev–Trinajstić information content (AvgIpc) is 2.92. The molecule has 2 unspecified atom stereocenters. The van der Waals surface area contributed by atoms with E-state index in [-0.39, 0.29) is 31.1 Å². The number of sulfonamides is 1. The van der Waals surface area contributed by atoms with Gasteiger partial charge in [0.1, 0.15) is 0 Å². The molecule has 28 heavy (non-hydrogen) atoms. The number of esters is 1. The van der Waals surface area contributed by atoms with E-state index < -0.39 is 32.1 Å². The number of ether oxygens (including phenoxy) is 1. The van der Waals surface area contributed by atoms with Crippen molar-refractivity contribution in [2.75, 3.05) is 13.2 Å². The van der Waals surface area contributed by atoms with Crippen LogP contribution in [0.5, 0.6) is 0 Å². The maximum absolute atomic E-state index is 13.3. The highest BCUT2D eigenvalue weighted by molar-refractivity contribution is 7.89. The summed E-state index contributed by atoms with van der Waals surface area (Å²) in [5.74, 6) is -1.10. The molecular weight excluding hydrogens is 388 g/mol. The number of rotatable bonds is 5. The third kappa shape index (κ3) is 3.72. The van der Waals surface area contributed by atoms with Crippen molar-refractivity contribution >= 4 is 16.0 Å². The van der Waals surface area contributed by atoms with Crippen LogP contribution in [0.15, 0.2) is 30.0 Å². The minimum Gasteiger partial charge on any atom is -0.461 e. The van der Waals surface area contributed by atoms with Crippen molar-refractivity contribution in [2.24, 2.45) is 5.92 Å². The van der Waals surface area contributed by atoms with Gasteiger partial charge >= 0.3 is 5.97 Å². The van der Waals surface area contributed by atoms with Gasteiger partial charge in [0, 0.05) is 25.1 Å². The molecule has 0 aromatic carbocycles. The number of hydrogen-bond donors (Lipinski definition) is 0. The molecule has 0 bridgehead atoms. The molecule has 10 nitrogen and oxygen atoms in total. The van der Waals surface area contributed by atoms with E-state index in [1.807, 2.05) is 0 Å². The van der Waals surface area contributed by atoms with E-state index >= 15 is 0 Å². The van der Waals surface area contributed by atoms with Crippen molar-refractivity contribution < 1.29 is 22.9 Å². The summed E-state index contributed by atoms with van der Waals surface area (Å²) >= 11 is 0. The molecule has 1 aliphatic heterocycles. The van der Waals surface area contributed by atoms with Gasteiger partial charge in [-0.3, -0.25) is 14.8 Å². The standard InChI is InChI=1S/C17H22N4O6S/c1-3-27-17(22)14-10-13-11-19(8-5-9-20(13)18-14)28(25,26)16-12(2)6-4-7-15(16)21(23)24/h4,6-7,10,12,16H,3,5,8-9,11H2,1-2H3. The van der Waals surface area contributed by atoms with Gasteiger partial charge < -0.3 is 4.74 Å². The van der Waals surface area contributed by atoms with E-state index in [1.165, 1.54) is 22.5 Å². The van der Waals surface area contributed by atoms with Crippen molar-refractivity contribution in [1.82, 2.24) is 14.1 Å². The summed E-state index contributed by atoms with van der Waals surface area (Å²) in [4.78, 5) is 22.7. The normalized spacial score (nSPS) is 22.9. The van der Waals surface area contributed by atoms with Crippen LogP contribution in [0.4, 0.5) is 0 Å². The fraction of sp³-hybridized carbons (Fsp3) is 0.529. The van der Waals surface area contributed by atoms with E-state index in [0.29, 0.717) is 18.7 Å². The number of aryl methyl sites for hydroxylation is 1. The Balaban J connectivity index is 1.91. The first-order valence-corrected chi connectivity index (χ1v) is 10.5. The molecule has 0 spiro atoms. The first-order chi connectivity index (χ1) is 13.3. The summed E-state index contributed by atoms with van der Waals surface area (Å²) < 4.78 is 34.4. The number of carbonyl (C=O) groups is 1. The zero-order valence-electron chi connectivity index (χ0n) is 15.6. The lowest BCUT2D eigenvalue weighted by atomic mass is 10.00. The summed E-state index contributed by atoms with van der Waals surface area (Å²) in [5, 5.41) is 14.3. The average molecular weight is 410 g/mol. The van der Waals surface area contributed by atoms with Crippen molar-refractivity contribution in [2.45, 2.75) is 38.6 Å². The van der Waals surface area contributed by atoms with Crippen LogP contribution in [0.1, 0.15) is 36.5 Å². The van der Waals surface area contributed by atoms with Gasteiger partial charge in [-0.25, -0.2) is 13.2 Å². The van der Waals surface area contributed by atoms with Crippen LogP contribution < -0.4 is 0 Å². The molecule has 3 rings (SSSR count). The highest BCUT2D eigenvalue weighted by Crippen LogP contribution is 2.30. The predicted octanol–water partition coefficient (Wildman–Crippen LogP) is 1.33. The van der Waals surface area contributed by atoms with Crippen LogP contribution >= 0.6 is 0 Å². The first kappa shape index (κ1) is 20.2. The van der Waals surface area contributed by atoms with Crippen LogP contribution in [0.3, 0.4) is 0 Å². The zero-order valence-corrected chi connectivity index (χ0v) is 16.5. The minimum absolute atomic E-state index is 0.00727. The zero-order chi connectivity index (χ0) is 20.5. The Morgan fingerprint density at radius 2 is 2.18 bits per heavy atom. The largest absolute Gasteiger partial charge is 0.461 e. The van der Waals surface area contributed by atoms with E-state index in [4.69, 9.17) is 4.74 Å². The summed E-state index contributed by atoms with van der Waals surface area (Å²) in [6.07, 6.45) is 4.88. The second kappa shape index (κ2) is 7.84. The van der Waals surface area contributed by atoms with E-state index in [2.05, 4.69) is 5.10 Å². The van der Waals surface area contributed by atoms with Crippen LogP contribution in [0.2, 0.25) is 0 Å². The maximum atomic E-state index is 13.3. The van der Waals surface area contributed by atoms with Crippen LogP contribution in [0, 0.1) is 16.0 Å². The molecular formula is C17H22N4O6S. The SMILES string of the molecule is CCOC(=O)c1cc2n(n1)CCCN(S(=O)(=O)C1C([N+](=O)[O-])=CC=CC1C)C2. The third-order valence-electron chi connectivity index (χ3n) is 4.81. The number of carbonyl (C=O) groups excluding carboxylic acids is 1. The van der Waals surface area contributed by atoms with Crippen molar-refractivity contribution in [3.63, 3.8) is 0 Å². The lowest BCUT2D eigenvalue weighted by Crippen LogP contribution is -2.44. The molecule has 1 aliphatic carbocycles. The monoisotopic (exact) mass is 410 g/mol. The van der Waals surface area contributed by atoms with E-state index in [0.717, 1.165) is 0 Å². The lowest BCUT2D eigenvalue weighted by molar-refractivity contribution is -0.428. The quantitative estimate of drug-likeness (QED) is 0.407. The second-order valence-electron chi connectivity index (χ2n) is 6.71. The number of aromatic nitrogens is 2. The van der Waals surface area contributed by atoms with E-state index in [1.54, 1.807) is 24.6 Å². The topological polar surface area (TPSA) is 125 Å². The Labute approximate surface area is 162 Å². The summed E-state index contributed by atoms with van der Waals surface area (Å²) in [7, 11) is -4.00. The Morgan fingerprint density at radius 3 is 2.86 bits per heavy atom. The minimum atomic E-state index is -4.00. The molecule has 1 aromatic heterocycles. The van der Waals surface area contributed by atoms with Crippen molar-refractivity contribution in [1.29, 1.82) is 0 Å². The highest BCUT2D eigenvalue weighted by atomic mass is 32.2. The molecule has 2 heterocycles. The molecule has 2 atom stereocenters. The lowest BCUT2D eigenvalue weighted by Gasteiger charge is -2.28. The molecule has 2 aliphatic rings. The van der Waals surface area contributed by atoms with Crippen molar-refractivity contribution in [3.8, 4) is 0 Å². The van der Waals surface area contributed by atoms with Gasteiger partial charge in [-0.1, -0.05) is 19.1 Å². The van der Waals surface area contributed by atoms with Crippen molar-refractivity contribution in [3.05, 3.63) is 51.5 Å². The van der Waals surface area contributed by atoms with E-state index in [9.17, 15) is 23.3 Å². The van der Waals surface area contributed by atoms with Gasteiger partial charge in [-0.05, 0) is 19.4 Å². The predicted molar refractivity (Wildman–Crippen MR) is 99.3 cm³/mol. The van der Waals surface area contributed by atoms with Gasteiger partial charge in [-0.15, -0.1) is 0 Å². The molecule has 0 fully saturated rings. The molecule has 0 radical (unpaired) electrons. The molecule has 11 heteroatoms. The summed E-state index contributed by atoms with van der Waals surface area (Å²) in [6, 6.07) is 1.51. The first-order valence-electron chi connectivity index (χ1n) is 9.01. The summed E-state index contributed by atoms with van der Waals surface area (Å²) in [6.45, 7) is 4.21. The number of hydrogen-bond acceptors (Lipinski definition) is 7. The smallest absolute Gasteiger partial charge is 0.358 e. The van der Waals surface area contributed by atoms with Gasteiger partial charge in [0.25, 0.3) is 5.70 Å². The van der Waals surface area contributed by atoms with Gasteiger partial charge in [0.2, 0.25) is 10.0 Å². The Hall–Kier alpha value is -2.53. The fourth-order valence-corrected chi connectivity index (χ4v) is 5.62. The van der Waals surface area contributed by atoms with Crippen LogP contribution in [0.25, 0.3) is 0 Å². The Kier molecular flexibility index (Phi) is 5.66. The number of nitro groups is 1.